The van der Waals surface area contributed by atoms with Crippen molar-refractivity contribution < 1.29 is 14.3 Å². The molecule has 0 saturated heterocycles. The fourth-order valence-electron chi connectivity index (χ4n) is 2.87. The topological polar surface area (TPSA) is 106 Å². The van der Waals surface area contributed by atoms with E-state index in [0.29, 0.717) is 18.0 Å². The van der Waals surface area contributed by atoms with E-state index in [1.807, 2.05) is 38.1 Å². The highest BCUT2D eigenvalue weighted by Crippen LogP contribution is 2.25. The van der Waals surface area contributed by atoms with Gasteiger partial charge in [-0.25, -0.2) is 0 Å². The van der Waals surface area contributed by atoms with Gasteiger partial charge in [-0.15, -0.1) is 0 Å². The third-order valence-electron chi connectivity index (χ3n) is 4.53. The van der Waals surface area contributed by atoms with Crippen LogP contribution < -0.4 is 15.6 Å². The van der Waals surface area contributed by atoms with Gasteiger partial charge in [0, 0.05) is 19.9 Å². The quantitative estimate of drug-likeness (QED) is 0.359. The van der Waals surface area contributed by atoms with Gasteiger partial charge in [-0.3, -0.25) is 14.0 Å². The number of methoxy groups -OCH3 is 1. The Bertz CT molecular complexity index is 1240. The van der Waals surface area contributed by atoms with Crippen molar-refractivity contribution in [1.29, 1.82) is 5.26 Å². The van der Waals surface area contributed by atoms with E-state index in [2.05, 4.69) is 10.3 Å². The summed E-state index contributed by atoms with van der Waals surface area (Å²) in [6, 6.07) is 12.6. The Morgan fingerprint density at radius 3 is 2.68 bits per heavy atom. The summed E-state index contributed by atoms with van der Waals surface area (Å²) in [5.74, 6) is -0.122. The normalized spacial score (nSPS) is 11.2. The lowest BCUT2D eigenvalue weighted by molar-refractivity contribution is -0.117. The van der Waals surface area contributed by atoms with E-state index >= 15 is 0 Å². The Hall–Kier alpha value is -3.96. The Labute approximate surface area is 179 Å². The zero-order valence-electron chi connectivity index (χ0n) is 17.5. The molecule has 0 spiro atoms. The molecule has 1 N–H and O–H groups in total. The zero-order chi connectivity index (χ0) is 22.4. The van der Waals surface area contributed by atoms with Crippen molar-refractivity contribution >= 4 is 17.6 Å². The van der Waals surface area contributed by atoms with E-state index < -0.39 is 11.5 Å². The first-order chi connectivity index (χ1) is 14.9. The van der Waals surface area contributed by atoms with Crippen LogP contribution in [0.2, 0.25) is 0 Å². The lowest BCUT2D eigenvalue weighted by atomic mass is 10.1. The molecule has 8 heteroatoms. The summed E-state index contributed by atoms with van der Waals surface area (Å²) >= 11 is 0. The summed E-state index contributed by atoms with van der Waals surface area (Å²) in [5.41, 5.74) is 1.57. The van der Waals surface area contributed by atoms with Crippen molar-refractivity contribution in [2.24, 2.45) is 0 Å². The molecule has 0 saturated carbocycles. The molecule has 2 heterocycles. The third-order valence-corrected chi connectivity index (χ3v) is 4.53. The van der Waals surface area contributed by atoms with E-state index in [0.717, 1.165) is 11.1 Å². The van der Waals surface area contributed by atoms with E-state index in [1.165, 1.54) is 17.6 Å². The second-order valence-electron chi connectivity index (χ2n) is 6.85. The van der Waals surface area contributed by atoms with Gasteiger partial charge in [0.05, 0.1) is 6.61 Å². The standard InChI is InChI=1S/C23H22N4O4/c1-15-6-8-18(9-7-15)31-22-19(13-17(14-24)21(28)25-10-12-30-3)23(29)27-11-4-5-16(2)20(27)26-22/h4-9,11,13H,10,12H2,1-3H3,(H,25,28)/b17-13+. The molecule has 1 amide bonds. The summed E-state index contributed by atoms with van der Waals surface area (Å²) in [7, 11) is 1.51. The van der Waals surface area contributed by atoms with Crippen molar-refractivity contribution in [3.05, 3.63) is 75.2 Å². The molecule has 0 aliphatic carbocycles. The second-order valence-corrected chi connectivity index (χ2v) is 6.85. The molecule has 0 radical (unpaired) electrons. The lowest BCUT2D eigenvalue weighted by Gasteiger charge is -2.11. The number of nitrogens with one attached hydrogen (secondary N) is 1. The van der Waals surface area contributed by atoms with Crippen LogP contribution in [0.3, 0.4) is 0 Å². The number of nitriles is 1. The SMILES string of the molecule is COCCNC(=O)/C(C#N)=C/c1c(Oc2ccc(C)cc2)nc2c(C)cccn2c1=O. The Morgan fingerprint density at radius 1 is 1.26 bits per heavy atom. The monoisotopic (exact) mass is 418 g/mol. The maximum absolute atomic E-state index is 13.2. The maximum atomic E-state index is 13.2. The van der Waals surface area contributed by atoms with Crippen molar-refractivity contribution in [3.63, 3.8) is 0 Å². The number of hydrogen-bond acceptors (Lipinski definition) is 6. The Balaban J connectivity index is 2.14. The molecule has 1 aromatic carbocycles. The number of rotatable bonds is 7. The Morgan fingerprint density at radius 2 is 2.00 bits per heavy atom. The lowest BCUT2D eigenvalue weighted by Crippen LogP contribution is -2.28. The summed E-state index contributed by atoms with van der Waals surface area (Å²) < 4.78 is 12.2. The third kappa shape index (κ3) is 4.97. The number of carbonyl (C=O) groups is 1. The van der Waals surface area contributed by atoms with Gasteiger partial charge < -0.3 is 14.8 Å². The maximum Gasteiger partial charge on any atom is 0.269 e. The highest BCUT2D eigenvalue weighted by atomic mass is 16.5. The minimum atomic E-state index is -0.616. The van der Waals surface area contributed by atoms with Crippen LogP contribution in [0.4, 0.5) is 0 Å². The van der Waals surface area contributed by atoms with Gasteiger partial charge in [-0.05, 0) is 43.7 Å². The van der Waals surface area contributed by atoms with Gasteiger partial charge in [0.2, 0.25) is 5.88 Å². The fourth-order valence-corrected chi connectivity index (χ4v) is 2.87. The number of hydrogen-bond donors (Lipinski definition) is 1. The van der Waals surface area contributed by atoms with Crippen molar-refractivity contribution in [2.75, 3.05) is 20.3 Å². The largest absolute Gasteiger partial charge is 0.438 e. The number of aromatic nitrogens is 2. The molecule has 0 bridgehead atoms. The smallest absolute Gasteiger partial charge is 0.269 e. The van der Waals surface area contributed by atoms with E-state index in [1.54, 1.807) is 24.4 Å². The number of amides is 1. The summed E-state index contributed by atoms with van der Waals surface area (Å²) in [4.78, 5) is 30.1. The number of pyridine rings is 1. The molecule has 3 rings (SSSR count). The van der Waals surface area contributed by atoms with Crippen LogP contribution in [0.5, 0.6) is 11.6 Å². The number of aryl methyl sites for hydroxylation is 2. The van der Waals surface area contributed by atoms with Crippen molar-refractivity contribution in [1.82, 2.24) is 14.7 Å². The summed E-state index contributed by atoms with van der Waals surface area (Å²) in [5, 5.41) is 12.1. The first-order valence-electron chi connectivity index (χ1n) is 9.60. The van der Waals surface area contributed by atoms with Gasteiger partial charge in [-0.1, -0.05) is 23.8 Å². The average Bonchev–Trinajstić information content (AvgIpc) is 2.76. The number of carbonyl (C=O) groups excluding carboxylic acids is 1. The number of benzene rings is 1. The molecule has 0 unspecified atom stereocenters. The van der Waals surface area contributed by atoms with E-state index in [9.17, 15) is 14.9 Å². The molecular formula is C23H22N4O4. The molecule has 0 aliphatic rings. The van der Waals surface area contributed by atoms with Gasteiger partial charge in [-0.2, -0.15) is 10.2 Å². The predicted octanol–water partition coefficient (Wildman–Crippen LogP) is 2.77. The molecule has 31 heavy (non-hydrogen) atoms. The van der Waals surface area contributed by atoms with Gasteiger partial charge >= 0.3 is 0 Å². The molecule has 8 nitrogen and oxygen atoms in total. The van der Waals surface area contributed by atoms with Crippen LogP contribution in [0.1, 0.15) is 16.7 Å². The number of fused-ring (bicyclic) bond motifs is 1. The molecule has 158 valence electrons. The molecular weight excluding hydrogens is 396 g/mol. The van der Waals surface area contributed by atoms with Crippen LogP contribution in [0.25, 0.3) is 11.7 Å². The fraction of sp³-hybridized carbons (Fsp3) is 0.217. The second kappa shape index (κ2) is 9.69. The zero-order valence-corrected chi connectivity index (χ0v) is 17.5. The molecule has 0 atom stereocenters. The number of nitrogens with zero attached hydrogens (tertiary/aromatic N) is 3. The van der Waals surface area contributed by atoms with E-state index in [4.69, 9.17) is 9.47 Å². The van der Waals surface area contributed by atoms with Gasteiger partial charge in [0.1, 0.15) is 28.6 Å². The van der Waals surface area contributed by atoms with Crippen LogP contribution in [0, 0.1) is 25.2 Å². The Kier molecular flexibility index (Phi) is 6.80. The van der Waals surface area contributed by atoms with Crippen LogP contribution in [-0.2, 0) is 9.53 Å². The van der Waals surface area contributed by atoms with Crippen LogP contribution in [0.15, 0.2) is 53.0 Å². The predicted molar refractivity (Wildman–Crippen MR) is 116 cm³/mol. The van der Waals surface area contributed by atoms with Gasteiger partial charge in [0.15, 0.2) is 0 Å². The van der Waals surface area contributed by atoms with Crippen LogP contribution >= 0.6 is 0 Å². The minimum Gasteiger partial charge on any atom is -0.438 e. The van der Waals surface area contributed by atoms with Crippen LogP contribution in [-0.4, -0.2) is 35.6 Å². The first-order valence-corrected chi connectivity index (χ1v) is 9.60. The number of ether oxygens (including phenoxy) is 2. The van der Waals surface area contributed by atoms with Crippen molar-refractivity contribution in [2.45, 2.75) is 13.8 Å². The van der Waals surface area contributed by atoms with Crippen molar-refractivity contribution in [3.8, 4) is 17.7 Å². The van der Waals surface area contributed by atoms with Gasteiger partial charge in [0.25, 0.3) is 11.5 Å². The first kappa shape index (κ1) is 21.7. The highest BCUT2D eigenvalue weighted by molar-refractivity contribution is 6.01. The molecule has 2 aromatic heterocycles. The average molecular weight is 418 g/mol. The molecule has 0 aliphatic heterocycles. The minimum absolute atomic E-state index is 0.00196. The summed E-state index contributed by atoms with van der Waals surface area (Å²) in [6.45, 7) is 4.31. The molecule has 0 fully saturated rings. The highest BCUT2D eigenvalue weighted by Gasteiger charge is 2.18. The molecule has 3 aromatic rings. The van der Waals surface area contributed by atoms with E-state index in [-0.39, 0.29) is 23.6 Å². The summed E-state index contributed by atoms with van der Waals surface area (Å²) in [6.07, 6.45) is 2.78.